The second kappa shape index (κ2) is 11.0. The number of amides is 1. The van der Waals surface area contributed by atoms with Crippen molar-refractivity contribution in [1.82, 2.24) is 19.8 Å². The number of likely N-dealkylation sites (tertiary alicyclic amines) is 1. The smallest absolute Gasteiger partial charge is 0.410 e. The minimum absolute atomic E-state index is 0.0876. The van der Waals surface area contributed by atoms with Gasteiger partial charge in [-0.05, 0) is 44.4 Å². The van der Waals surface area contributed by atoms with Crippen LogP contribution in [0.4, 0.5) is 10.7 Å². The monoisotopic (exact) mass is 517 g/mol. The molecule has 11 heteroatoms. The van der Waals surface area contributed by atoms with Crippen LogP contribution in [-0.4, -0.2) is 92.0 Å². The van der Waals surface area contributed by atoms with Gasteiger partial charge in [-0.15, -0.1) is 0 Å². The molecule has 0 N–H and O–H groups in total. The summed E-state index contributed by atoms with van der Waals surface area (Å²) in [5.41, 5.74) is 1.24. The summed E-state index contributed by atoms with van der Waals surface area (Å²) in [4.78, 5) is 27.8. The molecule has 2 aromatic rings. The fourth-order valence-corrected chi connectivity index (χ4v) is 5.38. The number of anilines is 1. The Morgan fingerprint density at radius 3 is 2.14 bits per heavy atom. The molecule has 0 unspecified atom stereocenters. The zero-order chi connectivity index (χ0) is 25.9. The molecular weight excluding hydrogens is 482 g/mol. The molecule has 0 saturated carbocycles. The topological polar surface area (TPSA) is 105 Å². The molecule has 1 aromatic carbocycles. The molecule has 4 rings (SSSR count). The number of ether oxygens (including phenoxy) is 2. The van der Waals surface area contributed by atoms with E-state index in [4.69, 9.17) is 9.47 Å². The number of carbonyl (C=O) groups is 1. The first-order chi connectivity index (χ1) is 17.1. The molecule has 0 bridgehead atoms. The molecular formula is C25H35N5O5S. The van der Waals surface area contributed by atoms with Gasteiger partial charge in [0.05, 0.1) is 31.6 Å². The van der Waals surface area contributed by atoms with Crippen molar-refractivity contribution in [2.45, 2.75) is 56.3 Å². The zero-order valence-corrected chi connectivity index (χ0v) is 22.1. The number of nitrogens with zero attached hydrogens (tertiary/aromatic N) is 5. The summed E-state index contributed by atoms with van der Waals surface area (Å²) in [5, 5.41) is 0. The molecule has 2 atom stereocenters. The Morgan fingerprint density at radius 2 is 1.61 bits per heavy atom. The minimum atomic E-state index is -3.35. The van der Waals surface area contributed by atoms with Crippen molar-refractivity contribution in [3.05, 3.63) is 42.2 Å². The number of piperidine rings is 1. The van der Waals surface area contributed by atoms with Crippen molar-refractivity contribution in [1.29, 1.82) is 0 Å². The van der Waals surface area contributed by atoms with Gasteiger partial charge < -0.3 is 14.4 Å². The number of rotatable bonds is 6. The van der Waals surface area contributed by atoms with Gasteiger partial charge in [0.1, 0.15) is 16.7 Å². The molecule has 2 aliphatic heterocycles. The molecule has 196 valence electrons. The lowest BCUT2D eigenvalue weighted by Crippen LogP contribution is -2.59. The van der Waals surface area contributed by atoms with Crippen molar-refractivity contribution < 1.29 is 22.7 Å². The standard InChI is InChI=1S/C25H35N5O5S/c1-18-15-29(24-26-13-23(14-27-24)36(4,32)33)16-19(2)30(18)25(31)35-22-9-11-28(12-10-22)17-20-5-7-21(34-3)8-6-20/h5-8,13-14,18-19,22H,9-12,15-17H2,1-4H3/t18-,19+. The van der Waals surface area contributed by atoms with Crippen LogP contribution in [0, 0.1) is 0 Å². The van der Waals surface area contributed by atoms with Crippen LogP contribution in [-0.2, 0) is 21.1 Å². The zero-order valence-electron chi connectivity index (χ0n) is 21.3. The largest absolute Gasteiger partial charge is 0.497 e. The van der Waals surface area contributed by atoms with E-state index in [1.54, 1.807) is 12.0 Å². The predicted molar refractivity (Wildman–Crippen MR) is 136 cm³/mol. The van der Waals surface area contributed by atoms with E-state index >= 15 is 0 Å². The van der Waals surface area contributed by atoms with Crippen LogP contribution in [0.15, 0.2) is 41.6 Å². The van der Waals surface area contributed by atoms with E-state index in [9.17, 15) is 13.2 Å². The van der Waals surface area contributed by atoms with Gasteiger partial charge in [0.15, 0.2) is 9.84 Å². The Balaban J connectivity index is 1.27. The lowest BCUT2D eigenvalue weighted by atomic mass is 10.1. The van der Waals surface area contributed by atoms with Crippen LogP contribution in [0.2, 0.25) is 0 Å². The van der Waals surface area contributed by atoms with Crippen molar-refractivity contribution in [2.24, 2.45) is 0 Å². The van der Waals surface area contributed by atoms with Crippen molar-refractivity contribution in [3.8, 4) is 5.75 Å². The third kappa shape index (κ3) is 6.25. The van der Waals surface area contributed by atoms with Crippen LogP contribution in [0.25, 0.3) is 0 Å². The van der Waals surface area contributed by atoms with Crippen LogP contribution in [0.3, 0.4) is 0 Å². The summed E-state index contributed by atoms with van der Waals surface area (Å²) in [6.07, 6.45) is 5.04. The summed E-state index contributed by atoms with van der Waals surface area (Å²) in [7, 11) is -1.68. The predicted octanol–water partition coefficient (Wildman–Crippen LogP) is 2.59. The quantitative estimate of drug-likeness (QED) is 0.572. The first kappa shape index (κ1) is 26.2. The molecule has 0 spiro atoms. The molecule has 0 aliphatic carbocycles. The fraction of sp³-hybridized carbons (Fsp3) is 0.560. The van der Waals surface area contributed by atoms with Gasteiger partial charge in [-0.3, -0.25) is 9.80 Å². The average molecular weight is 518 g/mol. The summed E-state index contributed by atoms with van der Waals surface area (Å²) in [6.45, 7) is 7.66. The van der Waals surface area contributed by atoms with Gasteiger partial charge in [0.2, 0.25) is 5.95 Å². The molecule has 36 heavy (non-hydrogen) atoms. The Hall–Kier alpha value is -2.92. The molecule has 10 nitrogen and oxygen atoms in total. The van der Waals surface area contributed by atoms with E-state index in [2.05, 4.69) is 27.0 Å². The van der Waals surface area contributed by atoms with E-state index < -0.39 is 9.84 Å². The van der Waals surface area contributed by atoms with Crippen LogP contribution >= 0.6 is 0 Å². The number of aromatic nitrogens is 2. The highest BCUT2D eigenvalue weighted by molar-refractivity contribution is 7.90. The highest BCUT2D eigenvalue weighted by Gasteiger charge is 2.36. The van der Waals surface area contributed by atoms with E-state index in [1.165, 1.54) is 18.0 Å². The highest BCUT2D eigenvalue weighted by Crippen LogP contribution is 2.24. The first-order valence-corrected chi connectivity index (χ1v) is 14.1. The molecule has 1 aromatic heterocycles. The number of benzene rings is 1. The molecule has 2 fully saturated rings. The van der Waals surface area contributed by atoms with Gasteiger partial charge in [-0.25, -0.2) is 23.2 Å². The van der Waals surface area contributed by atoms with E-state index in [0.717, 1.165) is 44.5 Å². The second-order valence-corrected chi connectivity index (χ2v) is 11.7. The van der Waals surface area contributed by atoms with Crippen LogP contribution in [0.5, 0.6) is 5.75 Å². The lowest BCUT2D eigenvalue weighted by Gasteiger charge is -2.44. The SMILES string of the molecule is COc1ccc(CN2CCC(OC(=O)N3[C@H](C)CN(c4ncc(S(C)(=O)=O)cn4)C[C@@H]3C)CC2)cc1. The summed E-state index contributed by atoms with van der Waals surface area (Å²) < 4.78 is 34.5. The lowest BCUT2D eigenvalue weighted by molar-refractivity contribution is 0.00995. The number of hydrogen-bond acceptors (Lipinski definition) is 9. The maximum absolute atomic E-state index is 13.1. The van der Waals surface area contributed by atoms with Crippen molar-refractivity contribution in [2.75, 3.05) is 44.4 Å². The second-order valence-electron chi connectivity index (χ2n) is 9.71. The van der Waals surface area contributed by atoms with Gasteiger partial charge >= 0.3 is 6.09 Å². The van der Waals surface area contributed by atoms with Gasteiger partial charge in [0, 0.05) is 39.0 Å². The molecule has 1 amide bonds. The maximum Gasteiger partial charge on any atom is 0.410 e. The van der Waals surface area contributed by atoms with E-state index in [-0.39, 0.29) is 29.2 Å². The molecule has 2 aliphatic rings. The number of hydrogen-bond donors (Lipinski definition) is 0. The highest BCUT2D eigenvalue weighted by atomic mass is 32.2. The van der Waals surface area contributed by atoms with Gasteiger partial charge in [-0.1, -0.05) is 12.1 Å². The summed E-state index contributed by atoms with van der Waals surface area (Å²) >= 11 is 0. The van der Waals surface area contributed by atoms with Crippen LogP contribution in [0.1, 0.15) is 32.3 Å². The Bertz CT molecular complexity index is 1120. The average Bonchev–Trinajstić information content (AvgIpc) is 2.85. The Kier molecular flexibility index (Phi) is 7.99. The minimum Gasteiger partial charge on any atom is -0.497 e. The molecule has 3 heterocycles. The van der Waals surface area contributed by atoms with Crippen LogP contribution < -0.4 is 9.64 Å². The normalized spacial score (nSPS) is 21.9. The Morgan fingerprint density at radius 1 is 1.03 bits per heavy atom. The fourth-order valence-electron chi connectivity index (χ4n) is 4.89. The van der Waals surface area contributed by atoms with Crippen molar-refractivity contribution >= 4 is 21.9 Å². The van der Waals surface area contributed by atoms with E-state index in [1.807, 2.05) is 30.9 Å². The number of piperazine rings is 1. The Labute approximate surface area is 213 Å². The third-order valence-corrected chi connectivity index (χ3v) is 7.89. The van der Waals surface area contributed by atoms with Gasteiger partial charge in [0.25, 0.3) is 0 Å². The number of sulfone groups is 1. The summed E-state index contributed by atoms with van der Waals surface area (Å²) in [6, 6.07) is 7.91. The molecule has 0 radical (unpaired) electrons. The summed E-state index contributed by atoms with van der Waals surface area (Å²) in [5.74, 6) is 1.31. The first-order valence-electron chi connectivity index (χ1n) is 12.3. The maximum atomic E-state index is 13.1. The van der Waals surface area contributed by atoms with Crippen molar-refractivity contribution in [3.63, 3.8) is 0 Å². The van der Waals surface area contributed by atoms with E-state index in [0.29, 0.717) is 19.0 Å². The molecule has 2 saturated heterocycles. The number of carbonyl (C=O) groups excluding carboxylic acids is 1. The van der Waals surface area contributed by atoms with Gasteiger partial charge in [-0.2, -0.15) is 0 Å². The number of methoxy groups -OCH3 is 1. The third-order valence-electron chi connectivity index (χ3n) is 6.82.